The van der Waals surface area contributed by atoms with Crippen LogP contribution in [0.5, 0.6) is 0 Å². The zero-order chi connectivity index (χ0) is 11.5. The Kier molecular flexibility index (Phi) is 5.15. The van der Waals surface area contributed by atoms with E-state index < -0.39 is 6.04 Å². The van der Waals surface area contributed by atoms with Crippen molar-refractivity contribution in [3.8, 4) is 0 Å². The average molecular weight is 299 g/mol. The minimum atomic E-state index is -0.419. The summed E-state index contributed by atoms with van der Waals surface area (Å²) < 4.78 is 0. The molecule has 0 saturated carbocycles. The van der Waals surface area contributed by atoms with Gasteiger partial charge in [-0.15, -0.1) is 17.0 Å². The summed E-state index contributed by atoms with van der Waals surface area (Å²) in [5.41, 5.74) is 8.30. The van der Waals surface area contributed by atoms with Crippen LogP contribution in [0.15, 0.2) is 24.3 Å². The highest BCUT2D eigenvalue weighted by atomic mass is 79.9. The Balaban J connectivity index is 0.00000144. The first-order valence-electron chi connectivity index (χ1n) is 5.79. The van der Waals surface area contributed by atoms with E-state index >= 15 is 0 Å². The third-order valence-electron chi connectivity index (χ3n) is 3.11. The summed E-state index contributed by atoms with van der Waals surface area (Å²) in [6, 6.07) is 8.25. The number of rotatable bonds is 2. The quantitative estimate of drug-likeness (QED) is 0.871. The zero-order valence-corrected chi connectivity index (χ0v) is 11.7. The Hall–Kier alpha value is -0.870. The van der Waals surface area contributed by atoms with Crippen LogP contribution in [-0.4, -0.2) is 18.0 Å². The first kappa shape index (κ1) is 14.2. The lowest BCUT2D eigenvalue weighted by Gasteiger charge is -2.26. The molecule has 0 fully saturated rings. The van der Waals surface area contributed by atoms with Crippen LogP contribution >= 0.6 is 17.0 Å². The van der Waals surface area contributed by atoms with Crippen molar-refractivity contribution in [2.24, 2.45) is 5.73 Å². The number of aryl methyl sites for hydroxylation is 1. The molecule has 1 aromatic carbocycles. The molecule has 0 heterocycles. The Labute approximate surface area is 113 Å². The number of amides is 1. The molecule has 0 saturated heterocycles. The number of carbonyl (C=O) groups is 1. The number of benzene rings is 1. The number of carbonyl (C=O) groups excluding carboxylic acids is 1. The van der Waals surface area contributed by atoms with E-state index in [-0.39, 0.29) is 28.9 Å². The summed E-state index contributed by atoms with van der Waals surface area (Å²) >= 11 is 0. The Morgan fingerprint density at radius 2 is 2.06 bits per heavy atom. The fourth-order valence-electron chi connectivity index (χ4n) is 2.15. The molecule has 1 aliphatic rings. The molecule has 0 radical (unpaired) electrons. The van der Waals surface area contributed by atoms with Gasteiger partial charge in [0.2, 0.25) is 5.91 Å². The van der Waals surface area contributed by atoms with Crippen LogP contribution in [0.2, 0.25) is 0 Å². The smallest absolute Gasteiger partial charge is 0.236 e. The van der Waals surface area contributed by atoms with Gasteiger partial charge in [-0.2, -0.15) is 0 Å². The van der Waals surface area contributed by atoms with E-state index in [1.54, 1.807) is 6.92 Å². The van der Waals surface area contributed by atoms with Crippen LogP contribution in [0.25, 0.3) is 0 Å². The molecule has 1 amide bonds. The second-order valence-corrected chi connectivity index (χ2v) is 4.51. The molecule has 2 atom stereocenters. The van der Waals surface area contributed by atoms with Gasteiger partial charge < -0.3 is 11.1 Å². The van der Waals surface area contributed by atoms with Gasteiger partial charge in [0.15, 0.2) is 0 Å². The Bertz CT molecular complexity index is 393. The molecule has 2 unspecified atom stereocenters. The Morgan fingerprint density at radius 1 is 1.41 bits per heavy atom. The second kappa shape index (κ2) is 6.17. The van der Waals surface area contributed by atoms with Crippen molar-refractivity contribution in [2.75, 3.05) is 0 Å². The number of halogens is 1. The van der Waals surface area contributed by atoms with Gasteiger partial charge in [-0.05, 0) is 37.3 Å². The average Bonchev–Trinajstić information content (AvgIpc) is 2.28. The summed E-state index contributed by atoms with van der Waals surface area (Å²) in [6.45, 7) is 1.71. The van der Waals surface area contributed by atoms with Crippen LogP contribution in [-0.2, 0) is 17.6 Å². The predicted molar refractivity (Wildman–Crippen MR) is 74.4 cm³/mol. The lowest BCUT2D eigenvalue weighted by Crippen LogP contribution is -2.45. The SMILES string of the molecule is Br.CC(N)C(=O)NC1CCc2ccccc2C1. The molecule has 2 rings (SSSR count). The summed E-state index contributed by atoms with van der Waals surface area (Å²) in [7, 11) is 0. The number of hydrogen-bond acceptors (Lipinski definition) is 2. The van der Waals surface area contributed by atoms with Crippen LogP contribution < -0.4 is 11.1 Å². The molecule has 1 aliphatic carbocycles. The van der Waals surface area contributed by atoms with Crippen molar-refractivity contribution >= 4 is 22.9 Å². The molecule has 17 heavy (non-hydrogen) atoms. The maximum absolute atomic E-state index is 11.5. The van der Waals surface area contributed by atoms with E-state index in [1.807, 2.05) is 0 Å². The third-order valence-corrected chi connectivity index (χ3v) is 3.11. The molecule has 0 bridgehead atoms. The molecule has 4 heteroatoms. The molecule has 1 aromatic rings. The van der Waals surface area contributed by atoms with E-state index in [1.165, 1.54) is 11.1 Å². The topological polar surface area (TPSA) is 55.1 Å². The lowest BCUT2D eigenvalue weighted by atomic mass is 9.88. The standard InChI is InChI=1S/C13H18N2O.BrH/c1-9(14)13(16)15-12-7-6-10-4-2-3-5-11(10)8-12;/h2-5,9,12H,6-8,14H2,1H3,(H,15,16);1H. The van der Waals surface area contributed by atoms with Gasteiger partial charge in [0.1, 0.15) is 0 Å². The highest BCUT2D eigenvalue weighted by Gasteiger charge is 2.20. The summed E-state index contributed by atoms with van der Waals surface area (Å²) in [4.78, 5) is 11.5. The normalized spacial score (nSPS) is 19.8. The zero-order valence-electron chi connectivity index (χ0n) is 9.98. The second-order valence-electron chi connectivity index (χ2n) is 4.51. The fraction of sp³-hybridized carbons (Fsp3) is 0.462. The van der Waals surface area contributed by atoms with Gasteiger partial charge in [0.05, 0.1) is 6.04 Å². The number of nitrogens with two attached hydrogens (primary N) is 1. The van der Waals surface area contributed by atoms with Gasteiger partial charge in [-0.3, -0.25) is 4.79 Å². The molecule has 94 valence electrons. The van der Waals surface area contributed by atoms with Crippen molar-refractivity contribution in [1.29, 1.82) is 0 Å². The molecule has 3 N–H and O–H groups in total. The van der Waals surface area contributed by atoms with Crippen LogP contribution in [0.4, 0.5) is 0 Å². The number of fused-ring (bicyclic) bond motifs is 1. The van der Waals surface area contributed by atoms with Gasteiger partial charge in [0, 0.05) is 6.04 Å². The summed E-state index contributed by atoms with van der Waals surface area (Å²) in [5.74, 6) is -0.0515. The number of nitrogens with one attached hydrogen (secondary N) is 1. The van der Waals surface area contributed by atoms with E-state index in [9.17, 15) is 4.79 Å². The molecule has 0 aliphatic heterocycles. The molecule has 0 aromatic heterocycles. The lowest BCUT2D eigenvalue weighted by molar-refractivity contribution is -0.122. The van der Waals surface area contributed by atoms with Crippen molar-refractivity contribution in [2.45, 2.75) is 38.3 Å². The maximum atomic E-state index is 11.5. The highest BCUT2D eigenvalue weighted by molar-refractivity contribution is 8.93. The third kappa shape index (κ3) is 3.54. The Morgan fingerprint density at radius 3 is 2.71 bits per heavy atom. The molecular weight excluding hydrogens is 280 g/mol. The minimum absolute atomic E-state index is 0. The largest absolute Gasteiger partial charge is 0.352 e. The van der Waals surface area contributed by atoms with E-state index in [0.717, 1.165) is 19.3 Å². The van der Waals surface area contributed by atoms with Gasteiger partial charge >= 0.3 is 0 Å². The maximum Gasteiger partial charge on any atom is 0.236 e. The van der Waals surface area contributed by atoms with Crippen LogP contribution in [0.3, 0.4) is 0 Å². The van der Waals surface area contributed by atoms with Gasteiger partial charge in [-0.25, -0.2) is 0 Å². The summed E-state index contributed by atoms with van der Waals surface area (Å²) in [5, 5.41) is 3.00. The first-order chi connectivity index (χ1) is 7.66. The van der Waals surface area contributed by atoms with Crippen LogP contribution in [0, 0.1) is 0 Å². The monoisotopic (exact) mass is 298 g/mol. The van der Waals surface area contributed by atoms with Crippen molar-refractivity contribution in [3.63, 3.8) is 0 Å². The van der Waals surface area contributed by atoms with Crippen LogP contribution in [0.1, 0.15) is 24.5 Å². The van der Waals surface area contributed by atoms with Crippen molar-refractivity contribution in [3.05, 3.63) is 35.4 Å². The number of hydrogen-bond donors (Lipinski definition) is 2. The molecule has 0 spiro atoms. The van der Waals surface area contributed by atoms with Crippen molar-refractivity contribution < 1.29 is 4.79 Å². The fourth-order valence-corrected chi connectivity index (χ4v) is 2.15. The van der Waals surface area contributed by atoms with Gasteiger partial charge in [-0.1, -0.05) is 24.3 Å². The minimum Gasteiger partial charge on any atom is -0.352 e. The molecular formula is C13H19BrN2O. The predicted octanol–water partition coefficient (Wildman–Crippen LogP) is 1.59. The summed E-state index contributed by atoms with van der Waals surface area (Å²) in [6.07, 6.45) is 2.98. The van der Waals surface area contributed by atoms with E-state index in [4.69, 9.17) is 5.73 Å². The first-order valence-corrected chi connectivity index (χ1v) is 5.79. The van der Waals surface area contributed by atoms with Gasteiger partial charge in [0.25, 0.3) is 0 Å². The highest BCUT2D eigenvalue weighted by Crippen LogP contribution is 2.20. The van der Waals surface area contributed by atoms with E-state index in [2.05, 4.69) is 29.6 Å². The van der Waals surface area contributed by atoms with Crippen molar-refractivity contribution in [1.82, 2.24) is 5.32 Å². The molecule has 3 nitrogen and oxygen atoms in total. The van der Waals surface area contributed by atoms with E-state index in [0.29, 0.717) is 0 Å².